The highest BCUT2D eigenvalue weighted by Crippen LogP contribution is 2.33. The van der Waals surface area contributed by atoms with Crippen LogP contribution in [0.25, 0.3) is 0 Å². The zero-order chi connectivity index (χ0) is 10.2. The second kappa shape index (κ2) is 3.12. The zero-order valence-electron chi connectivity index (χ0n) is 8.54. The van der Waals surface area contributed by atoms with E-state index < -0.39 is 0 Å². The fourth-order valence-electron chi connectivity index (χ4n) is 1.73. The summed E-state index contributed by atoms with van der Waals surface area (Å²) in [5, 5.41) is 0. The van der Waals surface area contributed by atoms with Gasteiger partial charge >= 0.3 is 0 Å². The SMILES string of the molecule is CC1(C)CCc2ccc(C=O)cc2O1. The Morgan fingerprint density at radius 1 is 1.43 bits per heavy atom. The molecule has 1 aliphatic rings. The Labute approximate surface area is 83.9 Å². The molecule has 1 aliphatic heterocycles. The second-order valence-electron chi connectivity index (χ2n) is 4.35. The van der Waals surface area contributed by atoms with E-state index in [1.165, 1.54) is 5.56 Å². The predicted octanol–water partition coefficient (Wildman–Crippen LogP) is 2.60. The molecule has 2 heteroatoms. The summed E-state index contributed by atoms with van der Waals surface area (Å²) < 4.78 is 5.80. The van der Waals surface area contributed by atoms with Crippen LogP contribution in [0, 0.1) is 0 Å². The third-order valence-corrected chi connectivity index (χ3v) is 2.61. The van der Waals surface area contributed by atoms with E-state index in [1.807, 2.05) is 18.2 Å². The molecule has 1 aromatic carbocycles. The Kier molecular flexibility index (Phi) is 2.06. The lowest BCUT2D eigenvalue weighted by molar-refractivity contribution is 0.0843. The normalized spacial score (nSPS) is 18.1. The van der Waals surface area contributed by atoms with Crippen LogP contribution in [0.2, 0.25) is 0 Å². The molecule has 0 saturated carbocycles. The summed E-state index contributed by atoms with van der Waals surface area (Å²) in [6, 6.07) is 5.64. The van der Waals surface area contributed by atoms with Crippen LogP contribution in [0.3, 0.4) is 0 Å². The number of rotatable bonds is 1. The van der Waals surface area contributed by atoms with Gasteiger partial charge < -0.3 is 4.74 Å². The fourth-order valence-corrected chi connectivity index (χ4v) is 1.73. The maximum atomic E-state index is 10.6. The molecule has 2 nitrogen and oxygen atoms in total. The van der Waals surface area contributed by atoms with Crippen LogP contribution in [0.4, 0.5) is 0 Å². The van der Waals surface area contributed by atoms with E-state index in [0.29, 0.717) is 5.56 Å². The van der Waals surface area contributed by atoms with Gasteiger partial charge in [-0.05, 0) is 38.3 Å². The van der Waals surface area contributed by atoms with E-state index in [0.717, 1.165) is 24.9 Å². The number of carbonyl (C=O) groups excluding carboxylic acids is 1. The maximum Gasteiger partial charge on any atom is 0.150 e. The fraction of sp³-hybridized carbons (Fsp3) is 0.417. The smallest absolute Gasteiger partial charge is 0.150 e. The van der Waals surface area contributed by atoms with Crippen LogP contribution < -0.4 is 4.74 Å². The van der Waals surface area contributed by atoms with Gasteiger partial charge in [0.05, 0.1) is 0 Å². The monoisotopic (exact) mass is 190 g/mol. The number of hydrogen-bond acceptors (Lipinski definition) is 2. The molecular formula is C12H14O2. The molecular weight excluding hydrogens is 176 g/mol. The molecule has 0 spiro atoms. The number of ether oxygens (including phenoxy) is 1. The average molecular weight is 190 g/mol. The lowest BCUT2D eigenvalue weighted by Gasteiger charge is -2.32. The molecule has 2 rings (SSSR count). The number of aryl methyl sites for hydroxylation is 1. The van der Waals surface area contributed by atoms with E-state index >= 15 is 0 Å². The van der Waals surface area contributed by atoms with E-state index in [2.05, 4.69) is 13.8 Å². The molecule has 0 aliphatic carbocycles. The van der Waals surface area contributed by atoms with Crippen molar-refractivity contribution in [2.24, 2.45) is 0 Å². The highest BCUT2D eigenvalue weighted by molar-refractivity contribution is 5.76. The first kappa shape index (κ1) is 9.25. The highest BCUT2D eigenvalue weighted by Gasteiger charge is 2.26. The van der Waals surface area contributed by atoms with Crippen LogP contribution in [0.5, 0.6) is 5.75 Å². The molecule has 1 heterocycles. The molecule has 14 heavy (non-hydrogen) atoms. The number of aldehydes is 1. The van der Waals surface area contributed by atoms with E-state index in [9.17, 15) is 4.79 Å². The molecule has 0 amide bonds. The standard InChI is InChI=1S/C12H14O2/c1-12(2)6-5-10-4-3-9(8-13)7-11(10)14-12/h3-4,7-8H,5-6H2,1-2H3. The highest BCUT2D eigenvalue weighted by atomic mass is 16.5. The number of carbonyl (C=O) groups is 1. The summed E-state index contributed by atoms with van der Waals surface area (Å²) >= 11 is 0. The Hall–Kier alpha value is -1.31. The summed E-state index contributed by atoms with van der Waals surface area (Å²) in [6.45, 7) is 4.15. The molecule has 0 radical (unpaired) electrons. The average Bonchev–Trinajstić information content (AvgIpc) is 2.15. The summed E-state index contributed by atoms with van der Waals surface area (Å²) in [4.78, 5) is 10.6. The van der Waals surface area contributed by atoms with Crippen molar-refractivity contribution in [2.75, 3.05) is 0 Å². The Morgan fingerprint density at radius 3 is 2.93 bits per heavy atom. The topological polar surface area (TPSA) is 26.3 Å². The summed E-state index contributed by atoms with van der Waals surface area (Å²) in [5.74, 6) is 0.867. The van der Waals surface area contributed by atoms with Gasteiger partial charge in [-0.15, -0.1) is 0 Å². The van der Waals surface area contributed by atoms with Gasteiger partial charge in [-0.3, -0.25) is 4.79 Å². The molecule has 0 N–H and O–H groups in total. The van der Waals surface area contributed by atoms with Crippen LogP contribution >= 0.6 is 0 Å². The lowest BCUT2D eigenvalue weighted by Crippen LogP contribution is -2.32. The molecule has 74 valence electrons. The van der Waals surface area contributed by atoms with Crippen molar-refractivity contribution < 1.29 is 9.53 Å². The third kappa shape index (κ3) is 1.65. The molecule has 0 atom stereocenters. The number of benzene rings is 1. The first-order valence-corrected chi connectivity index (χ1v) is 4.88. The van der Waals surface area contributed by atoms with Crippen molar-refractivity contribution in [3.8, 4) is 5.75 Å². The first-order chi connectivity index (χ1) is 6.61. The molecule has 0 saturated heterocycles. The maximum absolute atomic E-state index is 10.6. The largest absolute Gasteiger partial charge is 0.488 e. The van der Waals surface area contributed by atoms with Crippen molar-refractivity contribution >= 4 is 6.29 Å². The van der Waals surface area contributed by atoms with Crippen molar-refractivity contribution in [3.05, 3.63) is 29.3 Å². The zero-order valence-corrected chi connectivity index (χ0v) is 8.54. The first-order valence-electron chi connectivity index (χ1n) is 4.88. The summed E-state index contributed by atoms with van der Waals surface area (Å²) in [6.07, 6.45) is 2.91. The molecule has 0 unspecified atom stereocenters. The van der Waals surface area contributed by atoms with Gasteiger partial charge in [0.1, 0.15) is 17.6 Å². The van der Waals surface area contributed by atoms with Gasteiger partial charge in [-0.2, -0.15) is 0 Å². The van der Waals surface area contributed by atoms with Gasteiger partial charge in [0, 0.05) is 5.56 Å². The number of fused-ring (bicyclic) bond motifs is 1. The van der Waals surface area contributed by atoms with Gasteiger partial charge in [-0.25, -0.2) is 0 Å². The minimum Gasteiger partial charge on any atom is -0.488 e. The van der Waals surface area contributed by atoms with Crippen LogP contribution in [-0.4, -0.2) is 11.9 Å². The molecule has 0 bridgehead atoms. The predicted molar refractivity (Wildman–Crippen MR) is 54.9 cm³/mol. The van der Waals surface area contributed by atoms with Crippen molar-refractivity contribution in [1.29, 1.82) is 0 Å². The van der Waals surface area contributed by atoms with Crippen LogP contribution in [-0.2, 0) is 6.42 Å². The van der Waals surface area contributed by atoms with E-state index in [-0.39, 0.29) is 5.60 Å². The summed E-state index contributed by atoms with van der Waals surface area (Å²) in [5.41, 5.74) is 1.78. The Balaban J connectivity index is 2.39. The van der Waals surface area contributed by atoms with Gasteiger partial charge in [0.25, 0.3) is 0 Å². The third-order valence-electron chi connectivity index (χ3n) is 2.61. The Bertz CT molecular complexity index is 367. The van der Waals surface area contributed by atoms with Crippen LogP contribution in [0.1, 0.15) is 36.2 Å². The van der Waals surface area contributed by atoms with Crippen molar-refractivity contribution in [2.45, 2.75) is 32.3 Å². The van der Waals surface area contributed by atoms with Gasteiger partial charge in [0.2, 0.25) is 0 Å². The molecule has 0 fully saturated rings. The minimum absolute atomic E-state index is 0.103. The van der Waals surface area contributed by atoms with Crippen molar-refractivity contribution in [1.82, 2.24) is 0 Å². The summed E-state index contributed by atoms with van der Waals surface area (Å²) in [7, 11) is 0. The van der Waals surface area contributed by atoms with E-state index in [1.54, 1.807) is 0 Å². The van der Waals surface area contributed by atoms with Crippen molar-refractivity contribution in [3.63, 3.8) is 0 Å². The van der Waals surface area contributed by atoms with Gasteiger partial charge in [0.15, 0.2) is 0 Å². The second-order valence-corrected chi connectivity index (χ2v) is 4.35. The minimum atomic E-state index is -0.103. The van der Waals surface area contributed by atoms with E-state index in [4.69, 9.17) is 4.74 Å². The van der Waals surface area contributed by atoms with Crippen LogP contribution in [0.15, 0.2) is 18.2 Å². The number of hydrogen-bond donors (Lipinski definition) is 0. The van der Waals surface area contributed by atoms with Gasteiger partial charge in [-0.1, -0.05) is 12.1 Å². The Morgan fingerprint density at radius 2 is 2.21 bits per heavy atom. The quantitative estimate of drug-likeness (QED) is 0.636. The molecule has 1 aromatic rings. The lowest BCUT2D eigenvalue weighted by atomic mass is 9.94. The molecule has 0 aromatic heterocycles.